The molecule has 0 unspecified atom stereocenters. The summed E-state index contributed by atoms with van der Waals surface area (Å²) in [5, 5.41) is 0.497. The Kier molecular flexibility index (Phi) is 4.77. The second kappa shape index (κ2) is 7.38. The van der Waals surface area contributed by atoms with Gasteiger partial charge in [0.25, 0.3) is 5.91 Å². The van der Waals surface area contributed by atoms with Gasteiger partial charge in [0, 0.05) is 26.2 Å². The van der Waals surface area contributed by atoms with Gasteiger partial charge in [0.1, 0.15) is 6.54 Å². The van der Waals surface area contributed by atoms with Crippen LogP contribution in [0.15, 0.2) is 36.4 Å². The molecule has 1 aliphatic carbocycles. The number of nitrogens with zero attached hydrogens (tertiary/aromatic N) is 3. The van der Waals surface area contributed by atoms with Crippen LogP contribution in [0.4, 0.5) is 4.79 Å². The fraction of sp³-hybridized carbons (Fsp3) is 0.375. The predicted molar refractivity (Wildman–Crippen MR) is 118 cm³/mol. The van der Waals surface area contributed by atoms with E-state index in [9.17, 15) is 14.4 Å². The molecule has 2 aliphatic heterocycles. The first kappa shape index (κ1) is 20.1. The molecule has 3 aliphatic rings. The Morgan fingerprint density at radius 2 is 1.74 bits per heavy atom. The number of carbonyl (C=O) groups excluding carboxylic acids is 3. The molecular weight excluding hydrogens is 414 g/mol. The summed E-state index contributed by atoms with van der Waals surface area (Å²) in [5.74, 6) is 0.465. The van der Waals surface area contributed by atoms with Gasteiger partial charge in [-0.05, 0) is 60.1 Å². The Morgan fingerprint density at radius 3 is 2.35 bits per heavy atom. The van der Waals surface area contributed by atoms with Crippen molar-refractivity contribution >= 4 is 29.4 Å². The molecule has 31 heavy (non-hydrogen) atoms. The summed E-state index contributed by atoms with van der Waals surface area (Å²) in [6, 6.07) is 11.8. The molecule has 1 atom stereocenters. The molecule has 2 aromatic rings. The Bertz CT molecular complexity index is 1090. The van der Waals surface area contributed by atoms with E-state index in [0.29, 0.717) is 29.6 Å². The van der Waals surface area contributed by atoms with E-state index < -0.39 is 0 Å². The number of fused-ring (bicyclic) bond motifs is 1. The molecule has 1 saturated heterocycles. The van der Waals surface area contributed by atoms with Crippen molar-refractivity contribution in [2.75, 3.05) is 13.6 Å². The zero-order valence-corrected chi connectivity index (χ0v) is 18.4. The fourth-order valence-electron chi connectivity index (χ4n) is 4.56. The van der Waals surface area contributed by atoms with Crippen LogP contribution in [0, 0.1) is 5.92 Å². The van der Waals surface area contributed by atoms with Gasteiger partial charge in [0.2, 0.25) is 5.91 Å². The summed E-state index contributed by atoms with van der Waals surface area (Å²) in [4.78, 5) is 41.3. The summed E-state index contributed by atoms with van der Waals surface area (Å²) in [6.45, 7) is 3.24. The highest BCUT2D eigenvalue weighted by molar-refractivity contribution is 6.34. The molecule has 6 nitrogen and oxygen atoms in total. The molecule has 1 saturated carbocycles. The normalized spacial score (nSPS) is 19.5. The van der Waals surface area contributed by atoms with Crippen LogP contribution in [0.25, 0.3) is 11.1 Å². The van der Waals surface area contributed by atoms with Crippen LogP contribution in [-0.2, 0) is 17.9 Å². The van der Waals surface area contributed by atoms with Crippen LogP contribution >= 0.6 is 11.6 Å². The minimum Gasteiger partial charge on any atom is -0.331 e. The lowest BCUT2D eigenvalue weighted by atomic mass is 9.99. The van der Waals surface area contributed by atoms with Gasteiger partial charge in [-0.3, -0.25) is 14.5 Å². The van der Waals surface area contributed by atoms with E-state index in [1.54, 1.807) is 0 Å². The number of carbonyl (C=O) groups is 3. The highest BCUT2D eigenvalue weighted by Gasteiger charge is 2.39. The average molecular weight is 438 g/mol. The molecule has 2 fully saturated rings. The van der Waals surface area contributed by atoms with Gasteiger partial charge in [-0.15, -0.1) is 0 Å². The highest BCUT2D eigenvalue weighted by Crippen LogP contribution is 2.40. The number of hydrogen-bond acceptors (Lipinski definition) is 3. The van der Waals surface area contributed by atoms with Crippen molar-refractivity contribution < 1.29 is 14.4 Å². The minimum absolute atomic E-state index is 0.0380. The van der Waals surface area contributed by atoms with E-state index in [1.165, 1.54) is 24.8 Å². The number of amides is 4. The second-order valence-electron chi connectivity index (χ2n) is 8.79. The maximum atomic E-state index is 12.9. The Morgan fingerprint density at radius 1 is 1.03 bits per heavy atom. The van der Waals surface area contributed by atoms with Gasteiger partial charge in [0.15, 0.2) is 0 Å². The number of likely N-dealkylation sites (N-methyl/N-ethyl adjacent to an activating group) is 1. The number of urea groups is 1. The first-order valence-corrected chi connectivity index (χ1v) is 11.0. The van der Waals surface area contributed by atoms with Gasteiger partial charge < -0.3 is 9.80 Å². The molecule has 0 spiro atoms. The lowest BCUT2D eigenvalue weighted by molar-refractivity contribution is -0.124. The average Bonchev–Trinajstić information content (AvgIpc) is 3.51. The maximum Gasteiger partial charge on any atom is 0.327 e. The number of hydrogen-bond donors (Lipinski definition) is 0. The summed E-state index contributed by atoms with van der Waals surface area (Å²) in [5.41, 5.74) is 4.53. The van der Waals surface area contributed by atoms with E-state index in [0.717, 1.165) is 27.2 Å². The molecule has 5 rings (SSSR count). The minimum atomic E-state index is -0.269. The molecule has 0 N–H and O–H groups in total. The van der Waals surface area contributed by atoms with Crippen molar-refractivity contribution in [3.8, 4) is 11.1 Å². The maximum absolute atomic E-state index is 12.9. The van der Waals surface area contributed by atoms with Crippen molar-refractivity contribution in [1.82, 2.24) is 14.7 Å². The second-order valence-corrected chi connectivity index (χ2v) is 9.20. The summed E-state index contributed by atoms with van der Waals surface area (Å²) in [7, 11) is 1.50. The third-order valence-corrected chi connectivity index (χ3v) is 7.00. The van der Waals surface area contributed by atoms with Crippen molar-refractivity contribution in [3.63, 3.8) is 0 Å². The zero-order chi connectivity index (χ0) is 21.9. The number of rotatable bonds is 5. The molecule has 0 aromatic heterocycles. The van der Waals surface area contributed by atoms with E-state index in [1.807, 2.05) is 35.2 Å². The van der Waals surface area contributed by atoms with E-state index in [2.05, 4.69) is 13.0 Å². The van der Waals surface area contributed by atoms with Crippen LogP contribution in [0.3, 0.4) is 0 Å². The highest BCUT2D eigenvalue weighted by atomic mass is 35.5. The van der Waals surface area contributed by atoms with Crippen LogP contribution in [0.2, 0.25) is 5.02 Å². The summed E-state index contributed by atoms with van der Waals surface area (Å²) >= 11 is 6.54. The van der Waals surface area contributed by atoms with Crippen LogP contribution in [0.5, 0.6) is 0 Å². The van der Waals surface area contributed by atoms with Gasteiger partial charge in [-0.1, -0.05) is 35.9 Å². The Labute approximate surface area is 186 Å². The standard InChI is InChI=1S/C24H24ClN3O3/c1-14(16-7-8-16)28-12-19-9-18(10-20(25)22(19)23(28)30)17-5-3-15(4-6-17)11-27-13-21(29)26(2)24(27)31/h3-6,9-10,14,16H,7-8,11-13H2,1-2H3/t14-/m0/s1. The Balaban J connectivity index is 1.35. The van der Waals surface area contributed by atoms with Crippen molar-refractivity contribution in [3.05, 3.63) is 58.1 Å². The molecule has 2 aromatic carbocycles. The first-order chi connectivity index (χ1) is 14.8. The molecule has 160 valence electrons. The molecule has 7 heteroatoms. The van der Waals surface area contributed by atoms with Crippen molar-refractivity contribution in [2.45, 2.75) is 38.9 Å². The predicted octanol–water partition coefficient (Wildman–Crippen LogP) is 4.16. The third-order valence-electron chi connectivity index (χ3n) is 6.70. The molecular formula is C24H24ClN3O3. The van der Waals surface area contributed by atoms with Crippen LogP contribution in [0.1, 0.15) is 41.3 Å². The van der Waals surface area contributed by atoms with Crippen molar-refractivity contribution in [1.29, 1.82) is 0 Å². The zero-order valence-electron chi connectivity index (χ0n) is 17.6. The first-order valence-electron chi connectivity index (χ1n) is 10.6. The van der Waals surface area contributed by atoms with E-state index in [-0.39, 0.29) is 30.4 Å². The van der Waals surface area contributed by atoms with E-state index >= 15 is 0 Å². The lowest BCUT2D eigenvalue weighted by Crippen LogP contribution is -2.34. The van der Waals surface area contributed by atoms with Gasteiger partial charge >= 0.3 is 6.03 Å². The van der Waals surface area contributed by atoms with E-state index in [4.69, 9.17) is 11.6 Å². The molecule has 0 radical (unpaired) electrons. The van der Waals surface area contributed by atoms with Gasteiger partial charge in [-0.2, -0.15) is 0 Å². The smallest absolute Gasteiger partial charge is 0.327 e. The fourth-order valence-corrected chi connectivity index (χ4v) is 4.88. The van der Waals surface area contributed by atoms with Gasteiger partial charge in [0.05, 0.1) is 10.6 Å². The Hall–Kier alpha value is -2.86. The SMILES string of the molecule is C[C@@H](C1CC1)N1Cc2cc(-c3ccc(CN4CC(=O)N(C)C4=O)cc3)cc(Cl)c2C1=O. The topological polar surface area (TPSA) is 60.9 Å². The quantitative estimate of drug-likeness (QED) is 0.660. The van der Waals surface area contributed by atoms with Crippen LogP contribution < -0.4 is 0 Å². The van der Waals surface area contributed by atoms with Gasteiger partial charge in [-0.25, -0.2) is 4.79 Å². The number of imide groups is 1. The largest absolute Gasteiger partial charge is 0.331 e. The molecule has 4 amide bonds. The number of benzene rings is 2. The summed E-state index contributed by atoms with van der Waals surface area (Å²) < 4.78 is 0. The summed E-state index contributed by atoms with van der Waals surface area (Å²) in [6.07, 6.45) is 2.39. The lowest BCUT2D eigenvalue weighted by Gasteiger charge is -2.23. The molecule has 2 heterocycles. The number of halogens is 1. The molecule has 0 bridgehead atoms. The van der Waals surface area contributed by atoms with Crippen LogP contribution in [-0.4, -0.2) is 52.2 Å². The monoisotopic (exact) mass is 437 g/mol. The third kappa shape index (κ3) is 3.49. The van der Waals surface area contributed by atoms with Crippen molar-refractivity contribution in [2.24, 2.45) is 5.92 Å².